The molecular weight excluding hydrogens is 286 g/mol. The van der Waals surface area contributed by atoms with Crippen molar-refractivity contribution in [2.24, 2.45) is 5.92 Å². The van der Waals surface area contributed by atoms with Crippen molar-refractivity contribution in [3.8, 4) is 5.75 Å². The predicted molar refractivity (Wildman–Crippen MR) is 83.1 cm³/mol. The van der Waals surface area contributed by atoms with Crippen LogP contribution in [0.25, 0.3) is 0 Å². The zero-order valence-corrected chi connectivity index (χ0v) is 13.2. The lowest BCUT2D eigenvalue weighted by Crippen LogP contribution is -1.97. The maximum Gasteiger partial charge on any atom is 0.335 e. The summed E-state index contributed by atoms with van der Waals surface area (Å²) in [6, 6.07) is 6.44. The average molecular weight is 305 g/mol. The molecule has 112 valence electrons. The molecule has 0 aliphatic heterocycles. The minimum Gasteiger partial charge on any atom is -0.488 e. The Morgan fingerprint density at radius 2 is 2.00 bits per heavy atom. The SMILES string of the molecule is Cc1nc(CC(C)C)sc1COc1ccc(C(=O)O)cc1. The molecule has 0 bridgehead atoms. The van der Waals surface area contributed by atoms with Gasteiger partial charge in [-0.15, -0.1) is 11.3 Å². The third kappa shape index (κ3) is 4.29. The Morgan fingerprint density at radius 1 is 1.33 bits per heavy atom. The number of nitrogens with zero attached hydrogens (tertiary/aromatic N) is 1. The number of benzene rings is 1. The van der Waals surface area contributed by atoms with Crippen molar-refractivity contribution in [3.63, 3.8) is 0 Å². The van der Waals surface area contributed by atoms with E-state index in [0.29, 0.717) is 18.3 Å². The summed E-state index contributed by atoms with van der Waals surface area (Å²) in [5.41, 5.74) is 1.27. The van der Waals surface area contributed by atoms with Gasteiger partial charge in [0.25, 0.3) is 0 Å². The van der Waals surface area contributed by atoms with Gasteiger partial charge in [-0.05, 0) is 37.1 Å². The third-order valence-corrected chi connectivity index (χ3v) is 4.14. The van der Waals surface area contributed by atoms with E-state index in [0.717, 1.165) is 22.0 Å². The number of aromatic nitrogens is 1. The summed E-state index contributed by atoms with van der Waals surface area (Å²) in [4.78, 5) is 16.5. The Morgan fingerprint density at radius 3 is 2.57 bits per heavy atom. The minimum absolute atomic E-state index is 0.260. The Hall–Kier alpha value is -1.88. The summed E-state index contributed by atoms with van der Waals surface area (Å²) in [5.74, 6) is 0.323. The maximum absolute atomic E-state index is 10.8. The van der Waals surface area contributed by atoms with Crippen LogP contribution in [0.15, 0.2) is 24.3 Å². The molecule has 1 N–H and O–H groups in total. The summed E-state index contributed by atoms with van der Waals surface area (Å²) < 4.78 is 5.70. The molecule has 0 radical (unpaired) electrons. The first kappa shape index (κ1) is 15.5. The lowest BCUT2D eigenvalue weighted by Gasteiger charge is -2.05. The molecule has 5 heteroatoms. The van der Waals surface area contributed by atoms with Gasteiger partial charge in [0.15, 0.2) is 0 Å². The molecule has 0 atom stereocenters. The van der Waals surface area contributed by atoms with Crippen molar-refractivity contribution < 1.29 is 14.6 Å². The molecule has 0 aliphatic carbocycles. The zero-order valence-electron chi connectivity index (χ0n) is 12.4. The lowest BCUT2D eigenvalue weighted by molar-refractivity contribution is 0.0697. The quantitative estimate of drug-likeness (QED) is 0.878. The van der Waals surface area contributed by atoms with Crippen molar-refractivity contribution in [1.29, 1.82) is 0 Å². The normalized spacial score (nSPS) is 10.9. The number of carboxylic acids is 1. The van der Waals surface area contributed by atoms with E-state index in [1.807, 2.05) is 6.92 Å². The molecule has 0 spiro atoms. The van der Waals surface area contributed by atoms with Crippen molar-refractivity contribution >= 4 is 17.3 Å². The average Bonchev–Trinajstić information content (AvgIpc) is 2.76. The largest absolute Gasteiger partial charge is 0.488 e. The number of carboxylic acid groups (broad SMARTS) is 1. The van der Waals surface area contributed by atoms with E-state index in [2.05, 4.69) is 18.8 Å². The van der Waals surface area contributed by atoms with E-state index in [9.17, 15) is 4.79 Å². The Bertz CT molecular complexity index is 617. The van der Waals surface area contributed by atoms with Crippen LogP contribution < -0.4 is 4.74 Å². The monoisotopic (exact) mass is 305 g/mol. The fourth-order valence-electron chi connectivity index (χ4n) is 1.90. The van der Waals surface area contributed by atoms with Crippen molar-refractivity contribution in [3.05, 3.63) is 45.4 Å². The summed E-state index contributed by atoms with van der Waals surface area (Å²) in [5, 5.41) is 9.99. The number of hydrogen-bond acceptors (Lipinski definition) is 4. The van der Waals surface area contributed by atoms with Gasteiger partial charge in [0.1, 0.15) is 12.4 Å². The van der Waals surface area contributed by atoms with Gasteiger partial charge in [-0.25, -0.2) is 9.78 Å². The van der Waals surface area contributed by atoms with Gasteiger partial charge in [0.05, 0.1) is 21.1 Å². The first-order valence-electron chi connectivity index (χ1n) is 6.87. The number of rotatable bonds is 6. The van der Waals surface area contributed by atoms with E-state index in [1.165, 1.54) is 0 Å². The maximum atomic E-state index is 10.8. The van der Waals surface area contributed by atoms with Crippen LogP contribution in [0.5, 0.6) is 5.75 Å². The van der Waals surface area contributed by atoms with Gasteiger partial charge in [-0.2, -0.15) is 0 Å². The first-order valence-corrected chi connectivity index (χ1v) is 7.68. The van der Waals surface area contributed by atoms with Gasteiger partial charge in [0.2, 0.25) is 0 Å². The van der Waals surface area contributed by atoms with E-state index in [-0.39, 0.29) is 5.56 Å². The van der Waals surface area contributed by atoms with Crippen LogP contribution in [0.2, 0.25) is 0 Å². The van der Waals surface area contributed by atoms with Crippen LogP contribution in [0.1, 0.15) is 39.8 Å². The smallest absolute Gasteiger partial charge is 0.335 e. The molecule has 0 fully saturated rings. The number of hydrogen-bond donors (Lipinski definition) is 1. The second kappa shape index (κ2) is 6.72. The van der Waals surface area contributed by atoms with Gasteiger partial charge in [0, 0.05) is 6.42 Å². The van der Waals surface area contributed by atoms with E-state index < -0.39 is 5.97 Å². The standard InChI is InChI=1S/C16H19NO3S/c1-10(2)8-15-17-11(3)14(21-15)9-20-13-6-4-12(5-7-13)16(18)19/h4-7,10H,8-9H2,1-3H3,(H,18,19). The second-order valence-electron chi connectivity index (χ2n) is 5.33. The predicted octanol–water partition coefficient (Wildman–Crippen LogP) is 3.93. The fourth-order valence-corrected chi connectivity index (χ4v) is 3.10. The lowest BCUT2D eigenvalue weighted by atomic mass is 10.1. The minimum atomic E-state index is -0.932. The number of aryl methyl sites for hydroxylation is 1. The van der Waals surface area contributed by atoms with Gasteiger partial charge in [-0.3, -0.25) is 0 Å². The van der Waals surface area contributed by atoms with Crippen LogP contribution in [0.3, 0.4) is 0 Å². The molecule has 21 heavy (non-hydrogen) atoms. The molecule has 1 heterocycles. The molecule has 2 aromatic rings. The molecule has 4 nitrogen and oxygen atoms in total. The zero-order chi connectivity index (χ0) is 15.4. The highest BCUT2D eigenvalue weighted by Gasteiger charge is 2.10. The third-order valence-electron chi connectivity index (χ3n) is 2.99. The van der Waals surface area contributed by atoms with Gasteiger partial charge < -0.3 is 9.84 Å². The molecule has 0 saturated carbocycles. The summed E-state index contributed by atoms with van der Waals surface area (Å²) in [6.45, 7) is 6.81. The highest BCUT2D eigenvalue weighted by Crippen LogP contribution is 2.23. The van der Waals surface area contributed by atoms with Gasteiger partial charge >= 0.3 is 5.97 Å². The molecule has 0 amide bonds. The van der Waals surface area contributed by atoms with Crippen molar-refractivity contribution in [2.75, 3.05) is 0 Å². The Labute approximate surface area is 128 Å². The van der Waals surface area contributed by atoms with Crippen LogP contribution in [-0.4, -0.2) is 16.1 Å². The van der Waals surface area contributed by atoms with Crippen molar-refractivity contribution in [2.45, 2.75) is 33.8 Å². The van der Waals surface area contributed by atoms with Crippen molar-refractivity contribution in [1.82, 2.24) is 4.98 Å². The van der Waals surface area contributed by atoms with Crippen LogP contribution in [-0.2, 0) is 13.0 Å². The van der Waals surface area contributed by atoms with E-state index >= 15 is 0 Å². The molecule has 1 aromatic carbocycles. The second-order valence-corrected chi connectivity index (χ2v) is 6.50. The summed E-state index contributed by atoms with van der Waals surface area (Å²) in [6.07, 6.45) is 0.985. The number of aromatic carboxylic acids is 1. The molecule has 0 aliphatic rings. The number of ether oxygens (including phenoxy) is 1. The number of carbonyl (C=O) groups is 1. The molecule has 2 rings (SSSR count). The first-order chi connectivity index (χ1) is 9.95. The van der Waals surface area contributed by atoms with Crippen LogP contribution in [0, 0.1) is 12.8 Å². The van der Waals surface area contributed by atoms with Crippen LogP contribution >= 0.6 is 11.3 Å². The topological polar surface area (TPSA) is 59.4 Å². The fraction of sp³-hybridized carbons (Fsp3) is 0.375. The highest BCUT2D eigenvalue weighted by molar-refractivity contribution is 7.11. The van der Waals surface area contributed by atoms with Gasteiger partial charge in [-0.1, -0.05) is 13.8 Å². The Balaban J connectivity index is 1.99. The Kier molecular flexibility index (Phi) is 4.96. The highest BCUT2D eigenvalue weighted by atomic mass is 32.1. The van der Waals surface area contributed by atoms with E-state index in [4.69, 9.17) is 9.84 Å². The molecule has 0 saturated heterocycles. The summed E-state index contributed by atoms with van der Waals surface area (Å²) >= 11 is 1.68. The molecule has 0 unspecified atom stereocenters. The molecular formula is C16H19NO3S. The molecule has 1 aromatic heterocycles. The van der Waals surface area contributed by atoms with E-state index in [1.54, 1.807) is 35.6 Å². The number of thiazole rings is 1. The summed E-state index contributed by atoms with van der Waals surface area (Å²) in [7, 11) is 0. The van der Waals surface area contributed by atoms with Crippen LogP contribution in [0.4, 0.5) is 0 Å².